The molecule has 8 rings (SSSR count). The summed E-state index contributed by atoms with van der Waals surface area (Å²) in [5.41, 5.74) is 2.92. The van der Waals surface area contributed by atoms with Gasteiger partial charge in [-0.3, -0.25) is 38.9 Å². The summed E-state index contributed by atoms with van der Waals surface area (Å²) in [6.45, 7) is 7.89. The minimum absolute atomic E-state index is 0.0803. The number of amides is 5. The average Bonchev–Trinajstić information content (AvgIpc) is 3.72. The summed E-state index contributed by atoms with van der Waals surface area (Å²) >= 11 is 0. The van der Waals surface area contributed by atoms with E-state index in [1.165, 1.54) is 0 Å². The van der Waals surface area contributed by atoms with Gasteiger partial charge in [0.2, 0.25) is 11.8 Å². The Hall–Kier alpha value is -5.51. The van der Waals surface area contributed by atoms with E-state index in [1.54, 1.807) is 44.2 Å². The molecule has 1 saturated heterocycles. The summed E-state index contributed by atoms with van der Waals surface area (Å²) in [7, 11) is 2.17. The van der Waals surface area contributed by atoms with E-state index in [0.29, 0.717) is 35.2 Å². The highest BCUT2D eigenvalue weighted by Gasteiger charge is 2.46. The Morgan fingerprint density at radius 3 is 2.50 bits per heavy atom. The monoisotopic (exact) mass is 818 g/mol. The van der Waals surface area contributed by atoms with Crippen LogP contribution in [0.1, 0.15) is 120 Å². The highest BCUT2D eigenvalue weighted by Crippen LogP contribution is 2.37. The molecule has 4 aromatic rings. The first-order valence-electron chi connectivity index (χ1n) is 21.1. The third kappa shape index (κ3) is 8.70. The third-order valence-corrected chi connectivity index (χ3v) is 12.4. The Morgan fingerprint density at radius 2 is 1.77 bits per heavy atom. The van der Waals surface area contributed by atoms with Crippen molar-refractivity contribution in [2.24, 2.45) is 5.92 Å². The summed E-state index contributed by atoms with van der Waals surface area (Å²) < 4.78 is 8.25. The number of anilines is 2. The zero-order chi connectivity index (χ0) is 42.3. The molecule has 2 aromatic heterocycles. The number of nitrogens with zero attached hydrogens (tertiary/aromatic N) is 5. The van der Waals surface area contributed by atoms with Crippen LogP contribution < -0.4 is 16.0 Å². The Bertz CT molecular complexity index is 2320. The molecule has 1 atom stereocenters. The van der Waals surface area contributed by atoms with E-state index in [2.05, 4.69) is 43.8 Å². The first kappa shape index (κ1) is 41.2. The van der Waals surface area contributed by atoms with Gasteiger partial charge in [0.25, 0.3) is 17.7 Å². The summed E-state index contributed by atoms with van der Waals surface area (Å²) in [6, 6.07) is 13.6. The Morgan fingerprint density at radius 1 is 1.00 bits per heavy atom. The molecule has 0 radical (unpaired) electrons. The number of aliphatic hydroxyl groups is 1. The molecule has 15 heteroatoms. The number of aromatic nitrogens is 3. The normalized spacial score (nSPS) is 23.2. The number of hydrogen-bond acceptors (Lipinski definition) is 11. The lowest BCUT2D eigenvalue weighted by Gasteiger charge is -2.36. The van der Waals surface area contributed by atoms with Crippen LogP contribution >= 0.6 is 0 Å². The number of rotatable bonds is 14. The van der Waals surface area contributed by atoms with E-state index in [4.69, 9.17) is 9.84 Å². The van der Waals surface area contributed by atoms with Crippen molar-refractivity contribution in [1.29, 1.82) is 0 Å². The van der Waals surface area contributed by atoms with Gasteiger partial charge in [-0.1, -0.05) is 12.1 Å². The average molecular weight is 819 g/mol. The fraction of sp³-hybridized carbons (Fsp3) is 0.489. The number of hydrogen-bond donors (Lipinski definition) is 4. The second-order valence-electron chi connectivity index (χ2n) is 17.5. The van der Waals surface area contributed by atoms with Crippen molar-refractivity contribution in [2.75, 3.05) is 37.4 Å². The topological polar surface area (TPSA) is 188 Å². The lowest BCUT2D eigenvalue weighted by molar-refractivity contribution is -0.136. The molecule has 2 aliphatic heterocycles. The van der Waals surface area contributed by atoms with Crippen molar-refractivity contribution in [3.8, 4) is 0 Å². The highest BCUT2D eigenvalue weighted by atomic mass is 16.5. The molecule has 1 unspecified atom stereocenters. The summed E-state index contributed by atoms with van der Waals surface area (Å²) in [5, 5.41) is 25.5. The second kappa shape index (κ2) is 16.9. The van der Waals surface area contributed by atoms with Gasteiger partial charge in [-0.2, -0.15) is 5.10 Å². The molecule has 5 amide bonds. The molecule has 4 aliphatic rings. The molecule has 2 saturated carbocycles. The van der Waals surface area contributed by atoms with E-state index in [-0.39, 0.29) is 48.1 Å². The van der Waals surface area contributed by atoms with Gasteiger partial charge in [0, 0.05) is 66.4 Å². The Balaban J connectivity index is 0.760. The predicted molar refractivity (Wildman–Crippen MR) is 225 cm³/mol. The fourth-order valence-electron chi connectivity index (χ4n) is 9.13. The summed E-state index contributed by atoms with van der Waals surface area (Å²) in [5.74, 6) is -1.77. The van der Waals surface area contributed by atoms with Crippen LogP contribution in [-0.2, 0) is 19.9 Å². The van der Waals surface area contributed by atoms with E-state index in [0.717, 1.165) is 79.5 Å². The van der Waals surface area contributed by atoms with Crippen LogP contribution in [0.3, 0.4) is 0 Å². The maximum Gasteiger partial charge on any atom is 0.274 e. The number of carbonyl (C=O) groups excluding carboxylic acids is 5. The molecule has 2 aliphatic carbocycles. The van der Waals surface area contributed by atoms with E-state index in [9.17, 15) is 29.1 Å². The Kier molecular flexibility index (Phi) is 11.6. The number of aryl methyl sites for hydroxylation is 1. The summed E-state index contributed by atoms with van der Waals surface area (Å²) in [6.07, 6.45) is 9.16. The molecule has 60 heavy (non-hydrogen) atoms. The number of fused-ring (bicyclic) bond motifs is 2. The molecular weight excluding hydrogens is 765 g/mol. The van der Waals surface area contributed by atoms with Crippen molar-refractivity contribution in [3.63, 3.8) is 0 Å². The molecular formula is C45H54N8O7. The lowest BCUT2D eigenvalue weighted by atomic mass is 9.86. The van der Waals surface area contributed by atoms with Crippen LogP contribution in [0.15, 0.2) is 54.7 Å². The third-order valence-electron chi connectivity index (χ3n) is 12.4. The van der Waals surface area contributed by atoms with E-state index >= 15 is 0 Å². The number of imide groups is 2. The van der Waals surface area contributed by atoms with Crippen molar-refractivity contribution >= 4 is 51.8 Å². The first-order chi connectivity index (χ1) is 28.7. The van der Waals surface area contributed by atoms with Gasteiger partial charge in [-0.15, -0.1) is 0 Å². The minimum atomic E-state index is -1.19. The summed E-state index contributed by atoms with van der Waals surface area (Å²) in [4.78, 5) is 71.5. The van der Waals surface area contributed by atoms with E-state index < -0.39 is 35.3 Å². The van der Waals surface area contributed by atoms with Gasteiger partial charge in [-0.25, -0.2) is 4.98 Å². The van der Waals surface area contributed by atoms with Crippen LogP contribution in [-0.4, -0.2) is 104 Å². The van der Waals surface area contributed by atoms with Gasteiger partial charge in [-0.05, 0) is 122 Å². The zero-order valence-electron chi connectivity index (χ0n) is 34.7. The molecule has 15 nitrogen and oxygen atoms in total. The standard InChI is InChI=1S/C45H54N8O7/c1-26-8-5-11-35(46-26)41(55)48-37-20-28-25-52(50-36(28)23-33(37)45(2,3)59)30-14-12-27(13-15-30)24-51(4)18-7-19-60-31-21-29(22-31)47-34-10-6-9-32-40(34)44(58)53(43(32)57)38-16-17-39(54)49-42(38)56/h5-6,8-11,20,23,25,27,29-31,38,47,59H,7,12-19,21-22,24H2,1-4H3,(H,48,55)(H,49,54,56). The van der Waals surface area contributed by atoms with Crippen LogP contribution in [0.5, 0.6) is 0 Å². The molecule has 0 spiro atoms. The maximum atomic E-state index is 13.4. The quantitative estimate of drug-likeness (QED) is 0.0951. The number of ether oxygens (including phenoxy) is 1. The van der Waals surface area contributed by atoms with Gasteiger partial charge < -0.3 is 25.4 Å². The van der Waals surface area contributed by atoms with Crippen molar-refractivity contribution < 1.29 is 33.8 Å². The van der Waals surface area contributed by atoms with Crippen molar-refractivity contribution in [3.05, 3.63) is 82.8 Å². The molecule has 316 valence electrons. The van der Waals surface area contributed by atoms with Gasteiger partial charge in [0.15, 0.2) is 0 Å². The number of carbonyl (C=O) groups is 5. The minimum Gasteiger partial charge on any atom is -0.386 e. The number of piperidine rings is 1. The number of pyridine rings is 1. The van der Waals surface area contributed by atoms with Crippen LogP contribution in [0.25, 0.3) is 10.9 Å². The van der Waals surface area contributed by atoms with Gasteiger partial charge >= 0.3 is 0 Å². The molecule has 4 heterocycles. The highest BCUT2D eigenvalue weighted by molar-refractivity contribution is 6.25. The van der Waals surface area contributed by atoms with Crippen LogP contribution in [0.4, 0.5) is 11.4 Å². The fourth-order valence-corrected chi connectivity index (χ4v) is 9.13. The van der Waals surface area contributed by atoms with E-state index in [1.807, 2.05) is 25.1 Å². The predicted octanol–water partition coefficient (Wildman–Crippen LogP) is 5.33. The second-order valence-corrected chi connectivity index (χ2v) is 17.5. The zero-order valence-corrected chi connectivity index (χ0v) is 34.7. The molecule has 2 aromatic carbocycles. The Labute approximate surface area is 349 Å². The van der Waals surface area contributed by atoms with Crippen molar-refractivity contribution in [1.82, 2.24) is 29.9 Å². The lowest BCUT2D eigenvalue weighted by Crippen LogP contribution is -2.54. The number of benzene rings is 2. The molecule has 3 fully saturated rings. The maximum absolute atomic E-state index is 13.4. The van der Waals surface area contributed by atoms with Gasteiger partial charge in [0.1, 0.15) is 11.7 Å². The van der Waals surface area contributed by atoms with Crippen molar-refractivity contribution in [2.45, 2.75) is 108 Å². The SMILES string of the molecule is Cc1cccc(C(=O)Nc2cc3cn(C4CCC(CN(C)CCCOC5CC(Nc6cccc7c6C(=O)N(C6CCC(=O)NC6=O)C7=O)C5)CC4)nc3cc2C(C)(C)O)n1. The smallest absolute Gasteiger partial charge is 0.274 e. The largest absolute Gasteiger partial charge is 0.386 e. The molecule has 0 bridgehead atoms. The number of nitrogens with one attached hydrogen (secondary N) is 3. The van der Waals surface area contributed by atoms with Gasteiger partial charge in [0.05, 0.1) is 34.4 Å². The van der Waals surface area contributed by atoms with Crippen LogP contribution in [0.2, 0.25) is 0 Å². The first-order valence-corrected chi connectivity index (χ1v) is 21.1. The van der Waals surface area contributed by atoms with Crippen LogP contribution in [0, 0.1) is 12.8 Å². The molecule has 4 N–H and O–H groups in total.